The third kappa shape index (κ3) is 8.69. The molecular weight excluding hydrogens is 650 g/mol. The Labute approximate surface area is 266 Å². The second-order valence-corrected chi connectivity index (χ2v) is 13.5. The first-order valence-electron chi connectivity index (χ1n) is 13.8. The van der Waals surface area contributed by atoms with Gasteiger partial charge in [0.1, 0.15) is 12.6 Å². The third-order valence-corrected chi connectivity index (χ3v) is 9.17. The van der Waals surface area contributed by atoms with E-state index in [0.29, 0.717) is 20.7 Å². The topological polar surface area (TPSA) is 86.8 Å². The van der Waals surface area contributed by atoms with Crippen LogP contribution >= 0.6 is 27.5 Å². The van der Waals surface area contributed by atoms with E-state index in [1.807, 2.05) is 50.2 Å². The molecule has 1 atom stereocenters. The number of carbonyl (C=O) groups is 2. The third-order valence-electron chi connectivity index (χ3n) is 6.65. The first-order valence-corrected chi connectivity index (χ1v) is 16.4. The number of benzene rings is 4. The zero-order chi connectivity index (χ0) is 31.0. The molecule has 0 spiro atoms. The van der Waals surface area contributed by atoms with Gasteiger partial charge in [-0.05, 0) is 67.4 Å². The SMILES string of the molecule is CC(C)NC(=O)[C@H](Cc1ccccc1)N(Cc1cccc(Cl)c1)C(=O)CN(c1cccc(Br)c1)S(=O)(=O)c1ccccc1. The van der Waals surface area contributed by atoms with Gasteiger partial charge >= 0.3 is 0 Å². The summed E-state index contributed by atoms with van der Waals surface area (Å²) in [5, 5.41) is 3.43. The fourth-order valence-corrected chi connectivity index (χ4v) is 6.67. The van der Waals surface area contributed by atoms with Crippen LogP contribution in [-0.4, -0.2) is 43.8 Å². The van der Waals surface area contributed by atoms with Gasteiger partial charge in [-0.1, -0.05) is 94.3 Å². The summed E-state index contributed by atoms with van der Waals surface area (Å²) in [5.41, 5.74) is 1.87. The Kier molecular flexibility index (Phi) is 11.0. The highest BCUT2D eigenvalue weighted by molar-refractivity contribution is 9.10. The van der Waals surface area contributed by atoms with E-state index in [1.54, 1.807) is 60.7 Å². The van der Waals surface area contributed by atoms with Crippen molar-refractivity contribution in [3.63, 3.8) is 0 Å². The monoisotopic (exact) mass is 681 g/mol. The van der Waals surface area contributed by atoms with Gasteiger partial charge in [0.05, 0.1) is 10.6 Å². The Hall–Kier alpha value is -3.66. The summed E-state index contributed by atoms with van der Waals surface area (Å²) in [5.74, 6) is -0.881. The minimum absolute atomic E-state index is 0.0418. The summed E-state index contributed by atoms with van der Waals surface area (Å²) >= 11 is 9.70. The summed E-state index contributed by atoms with van der Waals surface area (Å²) in [6, 6.07) is 30.1. The maximum atomic E-state index is 14.4. The predicted octanol–water partition coefficient (Wildman–Crippen LogP) is 6.46. The van der Waals surface area contributed by atoms with Crippen LogP contribution < -0.4 is 9.62 Å². The van der Waals surface area contributed by atoms with Crippen LogP contribution in [0.3, 0.4) is 0 Å². The van der Waals surface area contributed by atoms with Gasteiger partial charge in [0, 0.05) is 28.5 Å². The molecule has 1 N–H and O–H groups in total. The molecule has 0 saturated carbocycles. The lowest BCUT2D eigenvalue weighted by molar-refractivity contribution is -0.140. The van der Waals surface area contributed by atoms with Crippen molar-refractivity contribution in [2.45, 2.75) is 43.8 Å². The number of halogens is 2. The highest BCUT2D eigenvalue weighted by atomic mass is 79.9. The van der Waals surface area contributed by atoms with Crippen LogP contribution in [0.2, 0.25) is 5.02 Å². The van der Waals surface area contributed by atoms with E-state index in [-0.39, 0.29) is 29.8 Å². The number of sulfonamides is 1. The molecule has 0 unspecified atom stereocenters. The summed E-state index contributed by atoms with van der Waals surface area (Å²) in [6.45, 7) is 3.21. The smallest absolute Gasteiger partial charge is 0.264 e. The van der Waals surface area contributed by atoms with Gasteiger partial charge in [0.25, 0.3) is 10.0 Å². The average molecular weight is 683 g/mol. The number of rotatable bonds is 12. The number of anilines is 1. The van der Waals surface area contributed by atoms with Crippen molar-refractivity contribution in [2.75, 3.05) is 10.8 Å². The maximum absolute atomic E-state index is 14.4. The van der Waals surface area contributed by atoms with E-state index in [1.165, 1.54) is 17.0 Å². The van der Waals surface area contributed by atoms with E-state index in [9.17, 15) is 18.0 Å². The standard InChI is InChI=1S/C33H33BrClN3O4S/c1-24(2)36-33(40)31(20-25-11-5-3-6-12-25)37(22-26-13-9-15-28(35)19-26)32(39)23-38(29-16-10-14-27(34)21-29)43(41,42)30-17-7-4-8-18-30/h3-19,21,24,31H,20,22-23H2,1-2H3,(H,36,40)/t31-/m0/s1. The van der Waals surface area contributed by atoms with Gasteiger partial charge in [0.2, 0.25) is 11.8 Å². The number of hydrogen-bond acceptors (Lipinski definition) is 4. The molecule has 4 aromatic rings. The molecule has 0 heterocycles. The van der Waals surface area contributed by atoms with Crippen LogP contribution in [0.25, 0.3) is 0 Å². The second kappa shape index (κ2) is 14.7. The van der Waals surface area contributed by atoms with Crippen LogP contribution in [0.15, 0.2) is 119 Å². The van der Waals surface area contributed by atoms with Gasteiger partial charge in [0.15, 0.2) is 0 Å². The lowest BCUT2D eigenvalue weighted by Gasteiger charge is -2.34. The van der Waals surface area contributed by atoms with Crippen LogP contribution in [0.4, 0.5) is 5.69 Å². The summed E-state index contributed by atoms with van der Waals surface area (Å²) in [6.07, 6.45) is 0.230. The molecule has 43 heavy (non-hydrogen) atoms. The van der Waals surface area contributed by atoms with Crippen LogP contribution in [0.5, 0.6) is 0 Å². The molecule has 4 rings (SSSR count). The van der Waals surface area contributed by atoms with Crippen molar-refractivity contribution in [3.05, 3.63) is 130 Å². The van der Waals surface area contributed by atoms with Crippen molar-refractivity contribution in [1.82, 2.24) is 10.2 Å². The van der Waals surface area contributed by atoms with Crippen molar-refractivity contribution < 1.29 is 18.0 Å². The second-order valence-electron chi connectivity index (χ2n) is 10.3. The molecule has 224 valence electrons. The molecule has 2 amide bonds. The van der Waals surface area contributed by atoms with Gasteiger partial charge in [-0.3, -0.25) is 13.9 Å². The Morgan fingerprint density at radius 1 is 0.837 bits per heavy atom. The van der Waals surface area contributed by atoms with Gasteiger partial charge in [-0.2, -0.15) is 0 Å². The number of nitrogens with one attached hydrogen (secondary N) is 1. The Morgan fingerprint density at radius 3 is 2.09 bits per heavy atom. The van der Waals surface area contributed by atoms with Crippen molar-refractivity contribution in [3.8, 4) is 0 Å². The van der Waals surface area contributed by atoms with Crippen LogP contribution in [-0.2, 0) is 32.6 Å². The molecule has 0 bridgehead atoms. The quantitative estimate of drug-likeness (QED) is 0.186. The molecule has 0 radical (unpaired) electrons. The molecule has 7 nitrogen and oxygen atoms in total. The zero-order valence-electron chi connectivity index (χ0n) is 23.9. The van der Waals surface area contributed by atoms with Crippen molar-refractivity contribution in [1.29, 1.82) is 0 Å². The van der Waals surface area contributed by atoms with E-state index in [4.69, 9.17) is 11.6 Å². The van der Waals surface area contributed by atoms with Crippen LogP contribution in [0, 0.1) is 0 Å². The molecule has 0 aliphatic carbocycles. The fourth-order valence-electron chi connectivity index (χ4n) is 4.65. The lowest BCUT2D eigenvalue weighted by Crippen LogP contribution is -2.54. The minimum Gasteiger partial charge on any atom is -0.352 e. The fraction of sp³-hybridized carbons (Fsp3) is 0.212. The molecule has 0 aliphatic rings. The van der Waals surface area contributed by atoms with Gasteiger partial charge in [-0.15, -0.1) is 0 Å². The van der Waals surface area contributed by atoms with E-state index < -0.39 is 28.5 Å². The first kappa shape index (κ1) is 32.3. The molecule has 10 heteroatoms. The van der Waals surface area contributed by atoms with Crippen molar-refractivity contribution in [2.24, 2.45) is 0 Å². The number of hydrogen-bond donors (Lipinski definition) is 1. The molecular formula is C33H33BrClN3O4S. The highest BCUT2D eigenvalue weighted by Gasteiger charge is 2.34. The Balaban J connectivity index is 1.80. The molecule has 0 saturated heterocycles. The average Bonchev–Trinajstić information content (AvgIpc) is 2.98. The predicted molar refractivity (Wildman–Crippen MR) is 174 cm³/mol. The van der Waals surface area contributed by atoms with E-state index in [0.717, 1.165) is 9.87 Å². The van der Waals surface area contributed by atoms with Crippen LogP contribution in [0.1, 0.15) is 25.0 Å². The maximum Gasteiger partial charge on any atom is 0.264 e. The summed E-state index contributed by atoms with van der Waals surface area (Å²) in [7, 11) is -4.16. The summed E-state index contributed by atoms with van der Waals surface area (Å²) in [4.78, 5) is 29.6. The van der Waals surface area contributed by atoms with Gasteiger partial charge < -0.3 is 10.2 Å². The Bertz CT molecular complexity index is 1650. The largest absolute Gasteiger partial charge is 0.352 e. The normalized spacial score (nSPS) is 12.0. The van der Waals surface area contributed by atoms with Gasteiger partial charge in [-0.25, -0.2) is 8.42 Å². The molecule has 0 fully saturated rings. The Morgan fingerprint density at radius 2 is 1.47 bits per heavy atom. The number of nitrogens with zero attached hydrogens (tertiary/aromatic N) is 2. The lowest BCUT2D eigenvalue weighted by atomic mass is 10.0. The molecule has 4 aromatic carbocycles. The highest BCUT2D eigenvalue weighted by Crippen LogP contribution is 2.27. The van der Waals surface area contributed by atoms with E-state index in [2.05, 4.69) is 21.2 Å². The summed E-state index contributed by atoms with van der Waals surface area (Å²) < 4.78 is 29.7. The first-order chi connectivity index (χ1) is 20.5. The molecule has 0 aromatic heterocycles. The zero-order valence-corrected chi connectivity index (χ0v) is 27.0. The van der Waals surface area contributed by atoms with E-state index >= 15 is 0 Å². The minimum atomic E-state index is -4.16. The number of amides is 2. The van der Waals surface area contributed by atoms with Crippen molar-refractivity contribution >= 4 is 55.1 Å². The number of carbonyl (C=O) groups excluding carboxylic acids is 2. The molecule has 0 aliphatic heterocycles.